The minimum absolute atomic E-state index is 0.0405. The van der Waals surface area contributed by atoms with E-state index in [4.69, 9.17) is 14.2 Å². The second-order valence-corrected chi connectivity index (χ2v) is 18.4. The van der Waals surface area contributed by atoms with Gasteiger partial charge in [0.05, 0.1) is 34.4 Å². The lowest BCUT2D eigenvalue weighted by Gasteiger charge is -2.31. The number of carboxylic acid groups (broad SMARTS) is 1. The molecule has 0 aromatic carbocycles. The zero-order valence-corrected chi connectivity index (χ0v) is 42.4. The Kier molecular flexibility index (Phi) is 44.5. The predicted molar refractivity (Wildman–Crippen MR) is 275 cm³/mol. The molecular weight excluding hydrogens is 811 g/mol. The number of allylic oxidation sites excluding steroid dienone is 14. The van der Waals surface area contributed by atoms with Gasteiger partial charge in [0.1, 0.15) is 6.61 Å². The summed E-state index contributed by atoms with van der Waals surface area (Å²) in [5.74, 6) is -1.52. The van der Waals surface area contributed by atoms with E-state index in [1.165, 1.54) is 83.5 Å². The quantitative estimate of drug-likeness (QED) is 0.0281. The highest BCUT2D eigenvalue weighted by atomic mass is 16.6. The van der Waals surface area contributed by atoms with Gasteiger partial charge in [-0.2, -0.15) is 0 Å². The van der Waals surface area contributed by atoms with E-state index in [1.54, 1.807) is 0 Å². The van der Waals surface area contributed by atoms with Crippen molar-refractivity contribution in [2.24, 2.45) is 0 Å². The van der Waals surface area contributed by atoms with E-state index in [1.807, 2.05) is 21.1 Å². The molecule has 0 amide bonds. The van der Waals surface area contributed by atoms with Crippen LogP contribution in [0.25, 0.3) is 0 Å². The first-order valence-corrected chi connectivity index (χ1v) is 26.1. The maximum atomic E-state index is 12.8. The summed E-state index contributed by atoms with van der Waals surface area (Å²) >= 11 is 0. The summed E-state index contributed by atoms with van der Waals surface area (Å²) in [5.41, 5.74) is 0. The topological polar surface area (TPSA) is 99.1 Å². The first-order valence-electron chi connectivity index (χ1n) is 26.1. The van der Waals surface area contributed by atoms with Crippen LogP contribution in [-0.4, -0.2) is 80.6 Å². The lowest BCUT2D eigenvalue weighted by atomic mass is 10.1. The zero-order chi connectivity index (χ0) is 47.7. The van der Waals surface area contributed by atoms with Crippen molar-refractivity contribution >= 4 is 17.9 Å². The summed E-state index contributed by atoms with van der Waals surface area (Å²) in [5, 5.41) is 9.66. The van der Waals surface area contributed by atoms with E-state index >= 15 is 0 Å². The van der Waals surface area contributed by atoms with Crippen molar-refractivity contribution in [3.63, 3.8) is 0 Å². The Hall–Kier alpha value is -3.49. The van der Waals surface area contributed by atoms with Gasteiger partial charge in [0.2, 0.25) is 0 Å². The minimum atomic E-state index is -0.884. The van der Waals surface area contributed by atoms with Crippen molar-refractivity contribution < 1.29 is 38.2 Å². The van der Waals surface area contributed by atoms with Gasteiger partial charge in [0, 0.05) is 19.3 Å². The Bertz CT molecular complexity index is 1330. The second-order valence-electron chi connectivity index (χ2n) is 18.4. The minimum Gasteiger partial charge on any atom is -0.477 e. The number of aliphatic carboxylic acids is 1. The Morgan fingerprint density at radius 2 is 0.862 bits per heavy atom. The molecule has 0 saturated heterocycles. The van der Waals surface area contributed by atoms with Crippen LogP contribution in [0.1, 0.15) is 206 Å². The SMILES string of the molecule is CC/C=C/C/C=C/C/C=C/C/C=C/C/C=C/CCCCCC(=O)OC(COCCC(C(=O)O)[N+](C)(C)C)COC(=O)CCCCCCCCC/C=C/C/C=C/CCCCCCCCCC. The molecule has 372 valence electrons. The van der Waals surface area contributed by atoms with Crippen molar-refractivity contribution in [2.45, 2.75) is 219 Å². The van der Waals surface area contributed by atoms with Crippen LogP contribution in [0, 0.1) is 0 Å². The summed E-state index contributed by atoms with van der Waals surface area (Å²) in [6.07, 6.45) is 62.1. The van der Waals surface area contributed by atoms with Gasteiger partial charge < -0.3 is 23.8 Å². The van der Waals surface area contributed by atoms with Gasteiger partial charge in [0.25, 0.3) is 0 Å². The molecule has 0 bridgehead atoms. The number of ether oxygens (including phenoxy) is 3. The summed E-state index contributed by atoms with van der Waals surface area (Å²) in [6, 6.07) is -0.628. The van der Waals surface area contributed by atoms with Crippen LogP contribution in [0.4, 0.5) is 0 Å². The van der Waals surface area contributed by atoms with Gasteiger partial charge >= 0.3 is 17.9 Å². The number of carbonyl (C=O) groups is 3. The average Bonchev–Trinajstić information content (AvgIpc) is 3.27. The number of nitrogens with zero attached hydrogens (tertiary/aromatic N) is 1. The second kappa shape index (κ2) is 47.0. The van der Waals surface area contributed by atoms with E-state index < -0.39 is 18.1 Å². The molecular formula is C57H98NO7+. The first-order chi connectivity index (χ1) is 31.6. The molecule has 0 saturated carbocycles. The molecule has 8 heteroatoms. The van der Waals surface area contributed by atoms with Gasteiger partial charge in [-0.25, -0.2) is 4.79 Å². The summed E-state index contributed by atoms with van der Waals surface area (Å²) in [4.78, 5) is 37.2. The number of hydrogen-bond acceptors (Lipinski definition) is 6. The molecule has 65 heavy (non-hydrogen) atoms. The monoisotopic (exact) mass is 909 g/mol. The van der Waals surface area contributed by atoms with Crippen molar-refractivity contribution in [1.29, 1.82) is 0 Å². The molecule has 2 atom stereocenters. The lowest BCUT2D eigenvalue weighted by molar-refractivity contribution is -0.887. The van der Waals surface area contributed by atoms with Gasteiger partial charge in [-0.3, -0.25) is 9.59 Å². The molecule has 0 aliphatic rings. The Morgan fingerprint density at radius 1 is 0.477 bits per heavy atom. The van der Waals surface area contributed by atoms with E-state index in [0.717, 1.165) is 89.9 Å². The maximum absolute atomic E-state index is 12.8. The number of rotatable bonds is 46. The van der Waals surface area contributed by atoms with E-state index in [9.17, 15) is 19.5 Å². The Balaban J connectivity index is 4.32. The van der Waals surface area contributed by atoms with Gasteiger partial charge in [0.15, 0.2) is 12.1 Å². The molecule has 0 heterocycles. The third kappa shape index (κ3) is 45.5. The highest BCUT2D eigenvalue weighted by Crippen LogP contribution is 2.14. The molecule has 0 aromatic heterocycles. The molecule has 8 nitrogen and oxygen atoms in total. The molecule has 2 unspecified atom stereocenters. The smallest absolute Gasteiger partial charge is 0.362 e. The largest absolute Gasteiger partial charge is 0.477 e. The summed E-state index contributed by atoms with van der Waals surface area (Å²) < 4.78 is 17.3. The summed E-state index contributed by atoms with van der Waals surface area (Å²) in [6.45, 7) is 4.58. The van der Waals surface area contributed by atoms with Gasteiger partial charge in [-0.1, -0.05) is 182 Å². The van der Waals surface area contributed by atoms with Crippen molar-refractivity contribution in [1.82, 2.24) is 0 Å². The number of esters is 2. The molecule has 1 N–H and O–H groups in total. The van der Waals surface area contributed by atoms with E-state index in [2.05, 4.69) is 98.9 Å². The maximum Gasteiger partial charge on any atom is 0.362 e. The summed E-state index contributed by atoms with van der Waals surface area (Å²) in [7, 11) is 5.51. The van der Waals surface area contributed by atoms with Crippen LogP contribution in [0.5, 0.6) is 0 Å². The predicted octanol–water partition coefficient (Wildman–Crippen LogP) is 15.3. The number of unbranched alkanes of at least 4 members (excludes halogenated alkanes) is 18. The van der Waals surface area contributed by atoms with Crippen LogP contribution < -0.4 is 0 Å². The highest BCUT2D eigenvalue weighted by Gasteiger charge is 2.31. The fourth-order valence-corrected chi connectivity index (χ4v) is 7.27. The molecule has 0 rings (SSSR count). The van der Waals surface area contributed by atoms with Gasteiger partial charge in [-0.15, -0.1) is 0 Å². The lowest BCUT2D eigenvalue weighted by Crippen LogP contribution is -2.50. The van der Waals surface area contributed by atoms with Crippen LogP contribution in [-0.2, 0) is 28.6 Å². The van der Waals surface area contributed by atoms with E-state index in [0.29, 0.717) is 12.8 Å². The van der Waals surface area contributed by atoms with Crippen LogP contribution in [0.2, 0.25) is 0 Å². The third-order valence-corrected chi connectivity index (χ3v) is 11.3. The standard InChI is InChI=1S/C57H97NO7/c1-6-8-10-12-14-16-18-20-22-24-26-27-28-30-31-33-35-37-39-41-43-45-47-55(59)64-52-53(51-63-50-49-54(57(61)62)58(3,4)5)65-56(60)48-46-44-42-40-38-36-34-32-29-25-23-21-19-17-15-13-11-9-7-2/h9,11,15,17,21,23-24,26,28-30,32,36,38,53-54H,6-8,10,12-14,16,18-20,22,25,27,31,33-35,37,39-52H2,1-5H3/p+1/b11-9+,17-15+,23-21+,26-24+,30-28+,32-29+,38-36+. The van der Waals surface area contributed by atoms with E-state index in [-0.39, 0.29) is 42.7 Å². The van der Waals surface area contributed by atoms with Gasteiger partial charge in [-0.05, 0) is 89.9 Å². The molecule has 0 aliphatic heterocycles. The van der Waals surface area contributed by atoms with Crippen LogP contribution in [0.15, 0.2) is 85.1 Å². The third-order valence-electron chi connectivity index (χ3n) is 11.3. The number of likely N-dealkylation sites (N-methyl/N-ethyl adjacent to an activating group) is 1. The fraction of sp³-hybridized carbons (Fsp3) is 0.702. The first kappa shape index (κ1) is 61.5. The fourth-order valence-electron chi connectivity index (χ4n) is 7.27. The molecule has 0 aliphatic carbocycles. The molecule has 0 aromatic rings. The molecule has 0 fully saturated rings. The Labute approximate surface area is 399 Å². The number of hydrogen-bond donors (Lipinski definition) is 1. The normalized spacial score (nSPS) is 13.6. The Morgan fingerprint density at radius 3 is 1.29 bits per heavy atom. The van der Waals surface area contributed by atoms with Crippen molar-refractivity contribution in [3.8, 4) is 0 Å². The number of quaternary nitrogens is 1. The molecule has 0 radical (unpaired) electrons. The van der Waals surface area contributed by atoms with Crippen molar-refractivity contribution in [2.75, 3.05) is 41.0 Å². The highest BCUT2D eigenvalue weighted by molar-refractivity contribution is 5.72. The zero-order valence-electron chi connectivity index (χ0n) is 42.4. The number of carbonyl (C=O) groups excluding carboxylic acids is 2. The average molecular weight is 909 g/mol. The number of carboxylic acids is 1. The van der Waals surface area contributed by atoms with Crippen molar-refractivity contribution in [3.05, 3.63) is 85.1 Å². The van der Waals surface area contributed by atoms with Crippen LogP contribution in [0.3, 0.4) is 0 Å². The van der Waals surface area contributed by atoms with Crippen LogP contribution >= 0.6 is 0 Å². The molecule has 0 spiro atoms.